The number of anilines is 1. The predicted octanol–water partition coefficient (Wildman–Crippen LogP) is 3.87. The van der Waals surface area contributed by atoms with E-state index in [2.05, 4.69) is 17.6 Å². The Labute approximate surface area is 161 Å². The number of likely N-dealkylation sites (tertiary alicyclic amines) is 1. The van der Waals surface area contributed by atoms with Gasteiger partial charge < -0.3 is 15.5 Å². The van der Waals surface area contributed by atoms with Crippen molar-refractivity contribution < 1.29 is 9.59 Å². The third-order valence-corrected chi connectivity index (χ3v) is 6.91. The number of urea groups is 1. The number of para-hydroxylation sites is 1. The van der Waals surface area contributed by atoms with Gasteiger partial charge in [0.05, 0.1) is 5.92 Å². The molecule has 3 amide bonds. The van der Waals surface area contributed by atoms with Crippen molar-refractivity contribution in [3.8, 4) is 0 Å². The normalized spacial score (nSPS) is 30.8. The average molecular weight is 370 g/mol. The molecule has 5 nitrogen and oxygen atoms in total. The summed E-state index contributed by atoms with van der Waals surface area (Å²) in [6.07, 6.45) is 7.11. The second kappa shape index (κ2) is 7.91. The van der Waals surface area contributed by atoms with E-state index in [1.54, 1.807) is 4.90 Å². The van der Waals surface area contributed by atoms with Crippen molar-refractivity contribution in [3.05, 3.63) is 30.3 Å². The first kappa shape index (κ1) is 18.3. The van der Waals surface area contributed by atoms with Crippen molar-refractivity contribution in [2.24, 2.45) is 23.7 Å². The Kier molecular flexibility index (Phi) is 5.37. The Hall–Kier alpha value is -2.04. The lowest BCUT2D eigenvalue weighted by molar-refractivity contribution is -0.127. The van der Waals surface area contributed by atoms with Crippen molar-refractivity contribution >= 4 is 17.6 Å². The minimum absolute atomic E-state index is 0.0960. The van der Waals surface area contributed by atoms with Crippen molar-refractivity contribution in [3.63, 3.8) is 0 Å². The van der Waals surface area contributed by atoms with Gasteiger partial charge >= 0.3 is 6.03 Å². The molecular formula is C22H31N3O2. The molecule has 0 aromatic heterocycles. The lowest BCUT2D eigenvalue weighted by Gasteiger charge is -2.34. The molecule has 0 radical (unpaired) electrons. The summed E-state index contributed by atoms with van der Waals surface area (Å²) in [5, 5.41) is 6.22. The number of benzene rings is 1. The van der Waals surface area contributed by atoms with Gasteiger partial charge in [-0.25, -0.2) is 4.79 Å². The lowest BCUT2D eigenvalue weighted by atomic mass is 9.83. The van der Waals surface area contributed by atoms with Gasteiger partial charge in [0.15, 0.2) is 0 Å². The fourth-order valence-corrected chi connectivity index (χ4v) is 5.46. The molecule has 1 aliphatic heterocycles. The summed E-state index contributed by atoms with van der Waals surface area (Å²) in [7, 11) is 0. The van der Waals surface area contributed by atoms with E-state index >= 15 is 0 Å². The van der Waals surface area contributed by atoms with E-state index in [1.165, 1.54) is 25.7 Å². The second-order valence-electron chi connectivity index (χ2n) is 8.72. The summed E-state index contributed by atoms with van der Waals surface area (Å²) >= 11 is 0. The summed E-state index contributed by atoms with van der Waals surface area (Å²) in [4.78, 5) is 27.1. The minimum atomic E-state index is -0.111. The third-order valence-electron chi connectivity index (χ3n) is 6.91. The number of rotatable bonds is 4. The average Bonchev–Trinajstić information content (AvgIpc) is 3.32. The summed E-state index contributed by atoms with van der Waals surface area (Å²) in [6.45, 7) is 3.39. The maximum Gasteiger partial charge on any atom is 0.321 e. The van der Waals surface area contributed by atoms with E-state index in [1.807, 2.05) is 30.3 Å². The number of carbonyl (C=O) groups excluding carboxylic acids is 2. The van der Waals surface area contributed by atoms with Crippen LogP contribution in [0.2, 0.25) is 0 Å². The van der Waals surface area contributed by atoms with E-state index in [-0.39, 0.29) is 23.9 Å². The van der Waals surface area contributed by atoms with Crippen LogP contribution in [0, 0.1) is 23.7 Å². The smallest absolute Gasteiger partial charge is 0.321 e. The molecule has 2 saturated carbocycles. The molecule has 27 heavy (non-hydrogen) atoms. The number of piperidine rings is 1. The summed E-state index contributed by atoms with van der Waals surface area (Å²) in [6, 6.07) is 9.62. The number of carbonyl (C=O) groups is 2. The zero-order valence-corrected chi connectivity index (χ0v) is 16.2. The van der Waals surface area contributed by atoms with Crippen LogP contribution in [0.5, 0.6) is 0 Å². The minimum Gasteiger partial charge on any atom is -0.353 e. The fourth-order valence-electron chi connectivity index (χ4n) is 5.46. The van der Waals surface area contributed by atoms with Gasteiger partial charge in [0.25, 0.3) is 0 Å². The fraction of sp³-hybridized carbons (Fsp3) is 0.636. The summed E-state index contributed by atoms with van der Waals surface area (Å²) in [5.74, 6) is 2.38. The zero-order chi connectivity index (χ0) is 18.8. The highest BCUT2D eigenvalue weighted by atomic mass is 16.2. The first-order valence-electron chi connectivity index (χ1n) is 10.5. The zero-order valence-electron chi connectivity index (χ0n) is 16.2. The third kappa shape index (κ3) is 4.12. The Morgan fingerprint density at radius 3 is 2.63 bits per heavy atom. The van der Waals surface area contributed by atoms with Crippen molar-refractivity contribution in [2.75, 3.05) is 18.4 Å². The number of fused-ring (bicyclic) bond motifs is 2. The van der Waals surface area contributed by atoms with E-state index < -0.39 is 0 Å². The summed E-state index contributed by atoms with van der Waals surface area (Å²) in [5.41, 5.74) is 0.791. The highest BCUT2D eigenvalue weighted by Gasteiger charge is 2.42. The number of nitrogens with zero attached hydrogens (tertiary/aromatic N) is 1. The van der Waals surface area contributed by atoms with Crippen molar-refractivity contribution in [1.29, 1.82) is 0 Å². The van der Waals surface area contributed by atoms with Crippen LogP contribution in [0.1, 0.15) is 45.4 Å². The number of amides is 3. The number of hydrogen-bond acceptors (Lipinski definition) is 2. The van der Waals surface area contributed by atoms with Crippen molar-refractivity contribution in [1.82, 2.24) is 10.2 Å². The molecule has 1 saturated heterocycles. The Balaban J connectivity index is 1.29. The van der Waals surface area contributed by atoms with E-state index in [0.717, 1.165) is 30.4 Å². The molecule has 4 rings (SSSR count). The molecule has 0 spiro atoms. The molecule has 5 atom stereocenters. The molecule has 3 aliphatic rings. The van der Waals surface area contributed by atoms with E-state index in [9.17, 15) is 9.59 Å². The molecule has 0 unspecified atom stereocenters. The van der Waals surface area contributed by atoms with Crippen LogP contribution in [-0.4, -0.2) is 36.0 Å². The molecule has 2 N–H and O–H groups in total. The monoisotopic (exact) mass is 369 g/mol. The summed E-state index contributed by atoms with van der Waals surface area (Å²) < 4.78 is 0. The Morgan fingerprint density at radius 1 is 1.11 bits per heavy atom. The van der Waals surface area contributed by atoms with Crippen LogP contribution in [0.3, 0.4) is 0 Å². The highest BCUT2D eigenvalue weighted by molar-refractivity contribution is 5.90. The van der Waals surface area contributed by atoms with E-state index in [4.69, 9.17) is 0 Å². The van der Waals surface area contributed by atoms with Crippen LogP contribution >= 0.6 is 0 Å². The van der Waals surface area contributed by atoms with Crippen LogP contribution < -0.4 is 10.6 Å². The van der Waals surface area contributed by atoms with Gasteiger partial charge in [-0.3, -0.25) is 4.79 Å². The van der Waals surface area contributed by atoms with Crippen molar-refractivity contribution in [2.45, 2.75) is 51.5 Å². The molecule has 1 aromatic carbocycles. The maximum atomic E-state index is 12.8. The van der Waals surface area contributed by atoms with Gasteiger partial charge in [0.2, 0.25) is 5.91 Å². The standard InChI is InChI=1S/C22H31N3O2/c1-15(20-13-16-9-10-17(20)12-16)23-21(26)18-6-5-11-25(14-18)22(27)24-19-7-3-2-4-8-19/h2-4,7-8,15-18,20H,5-6,9-14H2,1H3,(H,23,26)(H,24,27)/t15-,16-,17-,18-,20-/m0/s1. The van der Waals surface area contributed by atoms with Gasteiger partial charge in [-0.1, -0.05) is 24.6 Å². The van der Waals surface area contributed by atoms with Crippen LogP contribution in [-0.2, 0) is 4.79 Å². The first-order valence-corrected chi connectivity index (χ1v) is 10.5. The molecule has 2 aliphatic carbocycles. The quantitative estimate of drug-likeness (QED) is 0.846. The highest BCUT2D eigenvalue weighted by Crippen LogP contribution is 2.49. The molecule has 3 fully saturated rings. The maximum absolute atomic E-state index is 12.8. The predicted molar refractivity (Wildman–Crippen MR) is 106 cm³/mol. The molecule has 2 bridgehead atoms. The molecule has 146 valence electrons. The molecule has 5 heteroatoms. The molecular weight excluding hydrogens is 338 g/mol. The molecule has 1 aromatic rings. The van der Waals surface area contributed by atoms with Gasteiger partial charge in [-0.2, -0.15) is 0 Å². The first-order chi connectivity index (χ1) is 13.1. The Morgan fingerprint density at radius 2 is 1.93 bits per heavy atom. The molecule has 1 heterocycles. The van der Waals surface area contributed by atoms with Gasteiger partial charge in [-0.05, 0) is 68.9 Å². The second-order valence-corrected chi connectivity index (χ2v) is 8.72. The number of nitrogens with one attached hydrogen (secondary N) is 2. The topological polar surface area (TPSA) is 61.4 Å². The van der Waals surface area contributed by atoms with Gasteiger partial charge in [0.1, 0.15) is 0 Å². The van der Waals surface area contributed by atoms with Crippen LogP contribution in [0.15, 0.2) is 30.3 Å². The SMILES string of the molecule is C[C@H](NC(=O)[C@H]1CCCN(C(=O)Nc2ccccc2)C1)[C@@H]1C[C@H]2CC[C@H]1C2. The van der Waals surface area contributed by atoms with Crippen LogP contribution in [0.4, 0.5) is 10.5 Å². The van der Waals surface area contributed by atoms with Gasteiger partial charge in [0, 0.05) is 24.8 Å². The Bertz CT molecular complexity index is 677. The lowest BCUT2D eigenvalue weighted by Crippen LogP contribution is -2.49. The van der Waals surface area contributed by atoms with Crippen LogP contribution in [0.25, 0.3) is 0 Å². The largest absolute Gasteiger partial charge is 0.353 e. The van der Waals surface area contributed by atoms with Gasteiger partial charge in [-0.15, -0.1) is 0 Å². The van der Waals surface area contributed by atoms with E-state index in [0.29, 0.717) is 19.0 Å². The number of hydrogen-bond donors (Lipinski definition) is 2.